The van der Waals surface area contributed by atoms with Gasteiger partial charge in [0.15, 0.2) is 6.29 Å². The monoisotopic (exact) mass is 263 g/mol. The van der Waals surface area contributed by atoms with E-state index in [4.69, 9.17) is 11.6 Å². The summed E-state index contributed by atoms with van der Waals surface area (Å²) < 4.78 is 0. The normalized spacial score (nSPS) is 27.1. The van der Waals surface area contributed by atoms with Crippen LogP contribution in [0.3, 0.4) is 0 Å². The SMILES string of the molecule is O=Cc1ccc(Cl)cc1N1CCC2CCCCC21. The first-order valence-electron chi connectivity index (χ1n) is 6.81. The van der Waals surface area contributed by atoms with Crippen molar-refractivity contribution >= 4 is 23.6 Å². The molecule has 0 amide bonds. The van der Waals surface area contributed by atoms with Crippen molar-refractivity contribution in [1.29, 1.82) is 0 Å². The van der Waals surface area contributed by atoms with E-state index in [0.29, 0.717) is 6.04 Å². The molecule has 1 aromatic rings. The zero-order valence-corrected chi connectivity index (χ0v) is 11.2. The van der Waals surface area contributed by atoms with E-state index >= 15 is 0 Å². The van der Waals surface area contributed by atoms with Gasteiger partial charge in [0.1, 0.15) is 0 Å². The average Bonchev–Trinajstić information content (AvgIpc) is 2.82. The van der Waals surface area contributed by atoms with Gasteiger partial charge in [0, 0.05) is 28.9 Å². The molecule has 1 aromatic carbocycles. The predicted molar refractivity (Wildman–Crippen MR) is 74.5 cm³/mol. The number of rotatable bonds is 2. The molecule has 0 aromatic heterocycles. The number of halogens is 1. The van der Waals surface area contributed by atoms with Crippen LogP contribution < -0.4 is 4.90 Å². The highest BCUT2D eigenvalue weighted by molar-refractivity contribution is 6.31. The molecule has 1 aliphatic carbocycles. The first kappa shape index (κ1) is 12.0. The van der Waals surface area contributed by atoms with Gasteiger partial charge in [0.05, 0.1) is 0 Å². The fourth-order valence-corrected chi connectivity index (χ4v) is 3.74. The van der Waals surface area contributed by atoms with Crippen LogP contribution in [0.1, 0.15) is 42.5 Å². The van der Waals surface area contributed by atoms with Crippen molar-refractivity contribution in [3.8, 4) is 0 Å². The van der Waals surface area contributed by atoms with Gasteiger partial charge >= 0.3 is 0 Å². The molecule has 1 saturated heterocycles. The number of carbonyl (C=O) groups excluding carboxylic acids is 1. The van der Waals surface area contributed by atoms with Crippen molar-refractivity contribution in [2.24, 2.45) is 5.92 Å². The topological polar surface area (TPSA) is 20.3 Å². The van der Waals surface area contributed by atoms with Crippen LogP contribution in [0.5, 0.6) is 0 Å². The maximum absolute atomic E-state index is 11.2. The number of hydrogen-bond acceptors (Lipinski definition) is 2. The largest absolute Gasteiger partial charge is 0.368 e. The first-order valence-corrected chi connectivity index (χ1v) is 7.19. The highest BCUT2D eigenvalue weighted by Crippen LogP contribution is 2.40. The highest BCUT2D eigenvalue weighted by atomic mass is 35.5. The Hall–Kier alpha value is -1.02. The quantitative estimate of drug-likeness (QED) is 0.754. The van der Waals surface area contributed by atoms with Gasteiger partial charge < -0.3 is 4.90 Å². The number of anilines is 1. The summed E-state index contributed by atoms with van der Waals surface area (Å²) in [4.78, 5) is 13.6. The molecule has 1 aliphatic heterocycles. The van der Waals surface area contributed by atoms with Crippen molar-refractivity contribution in [2.45, 2.75) is 38.1 Å². The molecule has 0 radical (unpaired) electrons. The summed E-state index contributed by atoms with van der Waals surface area (Å²) in [5, 5.41) is 0.717. The van der Waals surface area contributed by atoms with Gasteiger partial charge in [-0.1, -0.05) is 24.4 Å². The van der Waals surface area contributed by atoms with Crippen LogP contribution in [0.25, 0.3) is 0 Å². The number of fused-ring (bicyclic) bond motifs is 1. The molecule has 1 heterocycles. The van der Waals surface area contributed by atoms with Crippen LogP contribution >= 0.6 is 11.6 Å². The Bertz CT molecular complexity index is 460. The molecule has 96 valence electrons. The summed E-state index contributed by atoms with van der Waals surface area (Å²) in [5.74, 6) is 0.817. The molecule has 2 fully saturated rings. The molecule has 0 spiro atoms. The summed E-state index contributed by atoms with van der Waals surface area (Å²) in [6.45, 7) is 1.07. The van der Waals surface area contributed by atoms with Crippen molar-refractivity contribution in [2.75, 3.05) is 11.4 Å². The van der Waals surface area contributed by atoms with Crippen molar-refractivity contribution in [1.82, 2.24) is 0 Å². The second-order valence-electron chi connectivity index (χ2n) is 5.41. The first-order chi connectivity index (χ1) is 8.79. The summed E-state index contributed by atoms with van der Waals surface area (Å²) in [5.41, 5.74) is 1.80. The second kappa shape index (κ2) is 4.93. The molecule has 0 bridgehead atoms. The molecule has 18 heavy (non-hydrogen) atoms. The maximum Gasteiger partial charge on any atom is 0.152 e. The molecular formula is C15H18ClNO. The Balaban J connectivity index is 1.94. The lowest BCUT2D eigenvalue weighted by atomic mass is 9.85. The van der Waals surface area contributed by atoms with E-state index in [1.807, 2.05) is 12.1 Å². The minimum Gasteiger partial charge on any atom is -0.368 e. The third-order valence-electron chi connectivity index (χ3n) is 4.44. The fourth-order valence-electron chi connectivity index (χ4n) is 3.57. The molecule has 2 nitrogen and oxygen atoms in total. The van der Waals surface area contributed by atoms with Gasteiger partial charge in [-0.15, -0.1) is 0 Å². The molecule has 0 N–H and O–H groups in total. The summed E-state index contributed by atoms with van der Waals surface area (Å²) in [7, 11) is 0. The van der Waals surface area contributed by atoms with Gasteiger partial charge in [-0.3, -0.25) is 4.79 Å². The fraction of sp³-hybridized carbons (Fsp3) is 0.533. The van der Waals surface area contributed by atoms with Gasteiger partial charge in [-0.05, 0) is 43.4 Å². The summed E-state index contributed by atoms with van der Waals surface area (Å²) in [6, 6.07) is 6.20. The van der Waals surface area contributed by atoms with Crippen molar-refractivity contribution in [3.05, 3.63) is 28.8 Å². The Labute approximate surface area is 113 Å². The molecule has 2 atom stereocenters. The van der Waals surface area contributed by atoms with Crippen LogP contribution in [0.2, 0.25) is 5.02 Å². The average molecular weight is 264 g/mol. The lowest BCUT2D eigenvalue weighted by molar-refractivity contribution is 0.112. The maximum atomic E-state index is 11.2. The van der Waals surface area contributed by atoms with E-state index in [0.717, 1.165) is 35.0 Å². The number of aldehydes is 1. The van der Waals surface area contributed by atoms with Gasteiger partial charge in [-0.2, -0.15) is 0 Å². The zero-order valence-electron chi connectivity index (χ0n) is 10.4. The lowest BCUT2D eigenvalue weighted by Gasteiger charge is -2.33. The number of nitrogens with zero attached hydrogens (tertiary/aromatic N) is 1. The summed E-state index contributed by atoms with van der Waals surface area (Å²) >= 11 is 6.08. The lowest BCUT2D eigenvalue weighted by Crippen LogP contribution is -2.35. The van der Waals surface area contributed by atoms with Crippen molar-refractivity contribution in [3.63, 3.8) is 0 Å². The van der Waals surface area contributed by atoms with Crippen LogP contribution in [0.15, 0.2) is 18.2 Å². The molecule has 3 heteroatoms. The smallest absolute Gasteiger partial charge is 0.152 e. The number of benzene rings is 1. The van der Waals surface area contributed by atoms with E-state index < -0.39 is 0 Å². The van der Waals surface area contributed by atoms with Crippen LogP contribution in [0.4, 0.5) is 5.69 Å². The molecule has 2 unspecified atom stereocenters. The molecule has 1 saturated carbocycles. The molecule has 3 rings (SSSR count). The van der Waals surface area contributed by atoms with Crippen molar-refractivity contribution < 1.29 is 4.79 Å². The van der Waals surface area contributed by atoms with Gasteiger partial charge in [0.2, 0.25) is 0 Å². The standard InChI is InChI=1S/C15H18ClNO/c16-13-6-5-12(10-18)15(9-13)17-8-7-11-3-1-2-4-14(11)17/h5-6,9-11,14H,1-4,7-8H2. The third-order valence-corrected chi connectivity index (χ3v) is 4.67. The van der Waals surface area contributed by atoms with Crippen LogP contribution in [-0.4, -0.2) is 18.9 Å². The highest BCUT2D eigenvalue weighted by Gasteiger charge is 2.36. The third kappa shape index (κ3) is 2.03. The Morgan fingerprint density at radius 2 is 2.06 bits per heavy atom. The van der Waals surface area contributed by atoms with E-state index in [-0.39, 0.29) is 0 Å². The second-order valence-corrected chi connectivity index (χ2v) is 5.85. The van der Waals surface area contributed by atoms with Crippen LogP contribution in [0, 0.1) is 5.92 Å². The number of carbonyl (C=O) groups is 1. The van der Waals surface area contributed by atoms with E-state index in [1.54, 1.807) is 6.07 Å². The van der Waals surface area contributed by atoms with E-state index in [1.165, 1.54) is 32.1 Å². The van der Waals surface area contributed by atoms with E-state index in [2.05, 4.69) is 4.90 Å². The molecular weight excluding hydrogens is 246 g/mol. The summed E-state index contributed by atoms with van der Waals surface area (Å²) in [6.07, 6.45) is 7.49. The Morgan fingerprint density at radius 1 is 1.22 bits per heavy atom. The van der Waals surface area contributed by atoms with E-state index in [9.17, 15) is 4.79 Å². The zero-order chi connectivity index (χ0) is 12.5. The Morgan fingerprint density at radius 3 is 2.89 bits per heavy atom. The molecule has 2 aliphatic rings. The van der Waals surface area contributed by atoms with Crippen LogP contribution in [-0.2, 0) is 0 Å². The minimum absolute atomic E-state index is 0.621. The minimum atomic E-state index is 0.621. The Kier molecular flexibility index (Phi) is 3.29. The van der Waals surface area contributed by atoms with Gasteiger partial charge in [-0.25, -0.2) is 0 Å². The number of hydrogen-bond donors (Lipinski definition) is 0. The van der Waals surface area contributed by atoms with Gasteiger partial charge in [0.25, 0.3) is 0 Å². The predicted octanol–water partition coefficient (Wildman–Crippen LogP) is 3.92.